The van der Waals surface area contributed by atoms with E-state index in [0.29, 0.717) is 6.42 Å². The second-order valence-electron chi connectivity index (χ2n) is 4.28. The highest BCUT2D eigenvalue weighted by Crippen LogP contribution is 2.12. The van der Waals surface area contributed by atoms with Crippen molar-refractivity contribution in [1.82, 2.24) is 5.32 Å². The molecule has 2 unspecified atom stereocenters. The number of carbonyl (C=O) groups is 1. The molecule has 0 rings (SSSR count). The lowest BCUT2D eigenvalue weighted by Gasteiger charge is -2.32. The summed E-state index contributed by atoms with van der Waals surface area (Å²) in [5.41, 5.74) is -0.507. The van der Waals surface area contributed by atoms with E-state index in [1.165, 1.54) is 0 Å². The first-order valence-corrected chi connectivity index (χ1v) is 4.97. The summed E-state index contributed by atoms with van der Waals surface area (Å²) < 4.78 is 0. The molecule has 4 nitrogen and oxygen atoms in total. The number of aliphatic hydroxyl groups is 1. The van der Waals surface area contributed by atoms with Gasteiger partial charge in [0.05, 0.1) is 6.61 Å². The summed E-state index contributed by atoms with van der Waals surface area (Å²) in [7, 11) is 0. The van der Waals surface area contributed by atoms with Crippen molar-refractivity contribution in [2.45, 2.75) is 45.7 Å². The largest absolute Gasteiger partial charge is 0.480 e. The third kappa shape index (κ3) is 3.64. The first-order valence-electron chi connectivity index (χ1n) is 4.97. The number of hydrogen-bond donors (Lipinski definition) is 3. The number of carboxylic acids is 1. The summed E-state index contributed by atoms with van der Waals surface area (Å²) in [6.07, 6.45) is 0.694. The van der Waals surface area contributed by atoms with Gasteiger partial charge in [-0.05, 0) is 19.3 Å². The predicted molar refractivity (Wildman–Crippen MR) is 55.2 cm³/mol. The van der Waals surface area contributed by atoms with Gasteiger partial charge in [-0.2, -0.15) is 0 Å². The molecule has 4 heteroatoms. The van der Waals surface area contributed by atoms with E-state index in [1.807, 2.05) is 27.7 Å². The van der Waals surface area contributed by atoms with Crippen molar-refractivity contribution >= 4 is 5.97 Å². The molecule has 0 saturated carbocycles. The highest BCUT2D eigenvalue weighted by atomic mass is 16.4. The van der Waals surface area contributed by atoms with Crippen LogP contribution in [0.15, 0.2) is 0 Å². The average molecular weight is 203 g/mol. The molecule has 0 spiro atoms. The van der Waals surface area contributed by atoms with Crippen molar-refractivity contribution in [3.05, 3.63) is 0 Å². The quantitative estimate of drug-likeness (QED) is 0.598. The van der Waals surface area contributed by atoms with E-state index in [4.69, 9.17) is 10.2 Å². The molecule has 0 radical (unpaired) electrons. The van der Waals surface area contributed by atoms with Crippen molar-refractivity contribution in [2.75, 3.05) is 6.61 Å². The van der Waals surface area contributed by atoms with Gasteiger partial charge < -0.3 is 10.2 Å². The van der Waals surface area contributed by atoms with E-state index in [9.17, 15) is 4.79 Å². The maximum absolute atomic E-state index is 10.9. The summed E-state index contributed by atoms with van der Waals surface area (Å²) in [6.45, 7) is 7.38. The molecule has 0 aromatic carbocycles. The minimum Gasteiger partial charge on any atom is -0.480 e. The van der Waals surface area contributed by atoms with Crippen molar-refractivity contribution in [2.24, 2.45) is 5.92 Å². The third-order valence-corrected chi connectivity index (χ3v) is 2.57. The highest BCUT2D eigenvalue weighted by molar-refractivity contribution is 5.73. The fourth-order valence-electron chi connectivity index (χ4n) is 1.15. The molecule has 0 aliphatic rings. The highest BCUT2D eigenvalue weighted by Gasteiger charge is 2.30. The molecule has 0 aliphatic carbocycles. The van der Waals surface area contributed by atoms with Crippen LogP contribution >= 0.6 is 0 Å². The fraction of sp³-hybridized carbons (Fsp3) is 0.900. The molecule has 2 atom stereocenters. The van der Waals surface area contributed by atoms with Crippen LogP contribution in [0.4, 0.5) is 0 Å². The first-order chi connectivity index (χ1) is 6.36. The van der Waals surface area contributed by atoms with Crippen molar-refractivity contribution in [1.29, 1.82) is 0 Å². The predicted octanol–water partition coefficient (Wildman–Crippen LogP) is 0.846. The molecule has 3 N–H and O–H groups in total. The van der Waals surface area contributed by atoms with Crippen molar-refractivity contribution in [3.63, 3.8) is 0 Å². The number of rotatable bonds is 6. The normalized spacial score (nSPS) is 17.9. The average Bonchev–Trinajstić information content (AvgIpc) is 2.13. The summed E-state index contributed by atoms with van der Waals surface area (Å²) in [5, 5.41) is 21.1. The molecule has 0 aliphatic heterocycles. The van der Waals surface area contributed by atoms with Crippen LogP contribution in [-0.4, -0.2) is 34.4 Å². The third-order valence-electron chi connectivity index (χ3n) is 2.57. The Hall–Kier alpha value is -0.610. The smallest absolute Gasteiger partial charge is 0.320 e. The van der Waals surface area contributed by atoms with Crippen LogP contribution in [-0.2, 0) is 4.79 Å². The van der Waals surface area contributed by atoms with Crippen LogP contribution < -0.4 is 5.32 Å². The monoisotopic (exact) mass is 203 g/mol. The Morgan fingerprint density at radius 2 is 2.00 bits per heavy atom. The number of aliphatic carboxylic acids is 1. The van der Waals surface area contributed by atoms with E-state index in [0.717, 1.165) is 0 Å². The van der Waals surface area contributed by atoms with Gasteiger partial charge >= 0.3 is 5.97 Å². The molecular weight excluding hydrogens is 182 g/mol. The van der Waals surface area contributed by atoms with Gasteiger partial charge in [0.2, 0.25) is 0 Å². The topological polar surface area (TPSA) is 69.6 Å². The standard InChI is InChI=1S/C10H21NO3/c1-5-10(4,6-12)11-8(7(2)3)9(13)14/h7-8,11-12H,5-6H2,1-4H3,(H,13,14). The number of aliphatic hydroxyl groups excluding tert-OH is 1. The van der Waals surface area contributed by atoms with E-state index < -0.39 is 17.6 Å². The van der Waals surface area contributed by atoms with Gasteiger partial charge in [0.15, 0.2) is 0 Å². The van der Waals surface area contributed by atoms with Crippen molar-refractivity contribution < 1.29 is 15.0 Å². The Kier molecular flexibility index (Phi) is 5.08. The summed E-state index contributed by atoms with van der Waals surface area (Å²) >= 11 is 0. The van der Waals surface area contributed by atoms with Crippen LogP contribution in [0.2, 0.25) is 0 Å². The van der Waals surface area contributed by atoms with Crippen LogP contribution in [0, 0.1) is 5.92 Å². The van der Waals surface area contributed by atoms with Gasteiger partial charge in [-0.3, -0.25) is 10.1 Å². The lowest BCUT2D eigenvalue weighted by molar-refractivity contribution is -0.141. The van der Waals surface area contributed by atoms with E-state index in [1.54, 1.807) is 0 Å². The Bertz CT molecular complexity index is 188. The molecule has 84 valence electrons. The Morgan fingerprint density at radius 3 is 2.21 bits per heavy atom. The summed E-state index contributed by atoms with van der Waals surface area (Å²) in [5.74, 6) is -0.863. The number of nitrogens with one attached hydrogen (secondary N) is 1. The van der Waals surface area contributed by atoms with Crippen LogP contribution in [0.5, 0.6) is 0 Å². The Morgan fingerprint density at radius 1 is 1.50 bits per heavy atom. The van der Waals surface area contributed by atoms with Crippen LogP contribution in [0.3, 0.4) is 0 Å². The van der Waals surface area contributed by atoms with Crippen molar-refractivity contribution in [3.8, 4) is 0 Å². The van der Waals surface area contributed by atoms with E-state index in [2.05, 4.69) is 5.32 Å². The zero-order valence-corrected chi connectivity index (χ0v) is 9.37. The van der Waals surface area contributed by atoms with Crippen LogP contribution in [0.1, 0.15) is 34.1 Å². The Balaban J connectivity index is 4.50. The molecule has 0 heterocycles. The van der Waals surface area contributed by atoms with Gasteiger partial charge in [-0.15, -0.1) is 0 Å². The second kappa shape index (κ2) is 5.32. The zero-order valence-electron chi connectivity index (χ0n) is 9.37. The first kappa shape index (κ1) is 13.4. The molecular formula is C10H21NO3. The fourth-order valence-corrected chi connectivity index (χ4v) is 1.15. The minimum atomic E-state index is -0.867. The maximum Gasteiger partial charge on any atom is 0.320 e. The number of carboxylic acid groups (broad SMARTS) is 1. The SMILES string of the molecule is CCC(C)(CO)NC(C(=O)O)C(C)C. The molecule has 0 fully saturated rings. The summed E-state index contributed by atoms with van der Waals surface area (Å²) in [4.78, 5) is 10.9. The molecule has 0 amide bonds. The lowest BCUT2D eigenvalue weighted by atomic mass is 9.95. The molecule has 0 saturated heterocycles. The lowest BCUT2D eigenvalue weighted by Crippen LogP contribution is -2.55. The number of hydrogen-bond acceptors (Lipinski definition) is 3. The van der Waals surface area contributed by atoms with Gasteiger partial charge in [-0.1, -0.05) is 20.8 Å². The second-order valence-corrected chi connectivity index (χ2v) is 4.28. The van der Waals surface area contributed by atoms with Crippen LogP contribution in [0.25, 0.3) is 0 Å². The molecule has 0 bridgehead atoms. The zero-order chi connectivity index (χ0) is 11.4. The molecule has 0 aromatic rings. The van der Waals surface area contributed by atoms with Gasteiger partial charge in [0, 0.05) is 5.54 Å². The molecule has 14 heavy (non-hydrogen) atoms. The van der Waals surface area contributed by atoms with Gasteiger partial charge in [0.1, 0.15) is 6.04 Å². The maximum atomic E-state index is 10.9. The van der Waals surface area contributed by atoms with E-state index >= 15 is 0 Å². The Labute approximate surface area is 85.3 Å². The van der Waals surface area contributed by atoms with Gasteiger partial charge in [0.25, 0.3) is 0 Å². The molecule has 0 aromatic heterocycles. The van der Waals surface area contributed by atoms with Gasteiger partial charge in [-0.25, -0.2) is 0 Å². The van der Waals surface area contributed by atoms with E-state index in [-0.39, 0.29) is 12.5 Å². The summed E-state index contributed by atoms with van der Waals surface area (Å²) in [6, 6.07) is -0.605. The minimum absolute atomic E-state index is 0.00456.